The van der Waals surface area contributed by atoms with Gasteiger partial charge in [0.1, 0.15) is 5.76 Å². The molecule has 0 atom stereocenters. The van der Waals surface area contributed by atoms with E-state index in [-0.39, 0.29) is 0 Å². The van der Waals surface area contributed by atoms with Crippen LogP contribution in [0.4, 0.5) is 0 Å². The predicted molar refractivity (Wildman–Crippen MR) is 102 cm³/mol. The molecule has 0 N–H and O–H groups in total. The molecular formula is C22H20O5. The van der Waals surface area contributed by atoms with E-state index in [1.165, 1.54) is 19.6 Å². The highest BCUT2D eigenvalue weighted by Gasteiger charge is 2.22. The highest BCUT2D eigenvalue weighted by molar-refractivity contribution is 6.05. The second-order valence-corrected chi connectivity index (χ2v) is 6.05. The molecule has 0 aromatic heterocycles. The number of esters is 2. The molecule has 2 aromatic carbocycles. The maximum absolute atomic E-state index is 12.2. The van der Waals surface area contributed by atoms with Crippen LogP contribution in [0.3, 0.4) is 0 Å². The third kappa shape index (κ3) is 4.26. The van der Waals surface area contributed by atoms with E-state index in [9.17, 15) is 9.59 Å². The third-order valence-corrected chi connectivity index (χ3v) is 4.14. The first kappa shape index (κ1) is 18.5. The number of cyclic esters (lactones) is 1. The van der Waals surface area contributed by atoms with Crippen molar-refractivity contribution in [2.45, 2.75) is 20.3 Å². The Balaban J connectivity index is 1.88. The topological polar surface area (TPSA) is 61.8 Å². The Hall–Kier alpha value is -3.34. The van der Waals surface area contributed by atoms with Crippen LogP contribution >= 0.6 is 0 Å². The summed E-state index contributed by atoms with van der Waals surface area (Å²) in [6, 6.07) is 13.0. The number of methoxy groups -OCH3 is 1. The van der Waals surface area contributed by atoms with Crippen molar-refractivity contribution in [2.75, 3.05) is 7.11 Å². The molecule has 1 heterocycles. The van der Waals surface area contributed by atoms with Crippen LogP contribution in [0.25, 0.3) is 11.8 Å². The Labute approximate surface area is 157 Å². The van der Waals surface area contributed by atoms with Gasteiger partial charge in [-0.3, -0.25) is 4.79 Å². The van der Waals surface area contributed by atoms with Crippen LogP contribution in [0.15, 0.2) is 54.1 Å². The zero-order valence-electron chi connectivity index (χ0n) is 15.4. The molecule has 0 saturated heterocycles. The molecule has 27 heavy (non-hydrogen) atoms. The van der Waals surface area contributed by atoms with E-state index >= 15 is 0 Å². The molecule has 1 aliphatic heterocycles. The summed E-state index contributed by atoms with van der Waals surface area (Å²) in [6.07, 6.45) is 4.38. The minimum atomic E-state index is -0.430. The monoisotopic (exact) mass is 364 g/mol. The number of carbonyl (C=O) groups is 2. The van der Waals surface area contributed by atoms with Crippen LogP contribution in [0.1, 0.15) is 30.5 Å². The second kappa shape index (κ2) is 7.91. The van der Waals surface area contributed by atoms with E-state index in [4.69, 9.17) is 14.2 Å². The fourth-order valence-corrected chi connectivity index (χ4v) is 2.73. The van der Waals surface area contributed by atoms with Crippen LogP contribution in [0, 0.1) is 0 Å². The molecule has 0 spiro atoms. The Morgan fingerprint density at radius 1 is 1.11 bits per heavy atom. The fourth-order valence-electron chi connectivity index (χ4n) is 2.73. The van der Waals surface area contributed by atoms with Crippen molar-refractivity contribution in [3.63, 3.8) is 0 Å². The van der Waals surface area contributed by atoms with Gasteiger partial charge < -0.3 is 14.2 Å². The van der Waals surface area contributed by atoms with Crippen molar-refractivity contribution in [1.82, 2.24) is 0 Å². The molecule has 2 aromatic rings. The van der Waals surface area contributed by atoms with Gasteiger partial charge in [0.05, 0.1) is 12.7 Å². The van der Waals surface area contributed by atoms with Gasteiger partial charge in [-0.1, -0.05) is 37.3 Å². The summed E-state index contributed by atoms with van der Waals surface area (Å²) in [5, 5.41) is 0. The minimum Gasteiger partial charge on any atom is -0.493 e. The maximum atomic E-state index is 12.2. The fraction of sp³-hybridized carbons (Fsp3) is 0.182. The number of hydrogen-bond acceptors (Lipinski definition) is 5. The Kier molecular flexibility index (Phi) is 5.41. The van der Waals surface area contributed by atoms with Gasteiger partial charge in [0.15, 0.2) is 11.5 Å². The molecule has 0 fully saturated rings. The average molecular weight is 364 g/mol. The Bertz CT molecular complexity index is 936. The molecule has 138 valence electrons. The smallest absolute Gasteiger partial charge is 0.343 e. The normalized spacial score (nSPS) is 14.7. The first-order valence-corrected chi connectivity index (χ1v) is 8.61. The van der Waals surface area contributed by atoms with Crippen LogP contribution in [0.5, 0.6) is 11.5 Å². The van der Waals surface area contributed by atoms with E-state index in [1.54, 1.807) is 30.4 Å². The SMILES string of the molecule is CCc1ccc(C2=C/C(=C/c3ccc(OC(C)=O)c(OC)c3)C(=O)O2)cc1. The first-order valence-electron chi connectivity index (χ1n) is 8.61. The molecule has 0 bridgehead atoms. The Morgan fingerprint density at radius 2 is 1.85 bits per heavy atom. The van der Waals surface area contributed by atoms with Gasteiger partial charge in [0.2, 0.25) is 0 Å². The highest BCUT2D eigenvalue weighted by atomic mass is 16.6. The number of hydrogen-bond donors (Lipinski definition) is 0. The van der Waals surface area contributed by atoms with Gasteiger partial charge in [-0.05, 0) is 41.8 Å². The summed E-state index contributed by atoms with van der Waals surface area (Å²) < 4.78 is 15.7. The molecule has 1 aliphatic rings. The lowest BCUT2D eigenvalue weighted by Crippen LogP contribution is -2.03. The van der Waals surface area contributed by atoms with Crippen molar-refractivity contribution in [3.8, 4) is 11.5 Å². The first-order chi connectivity index (χ1) is 13.0. The molecular weight excluding hydrogens is 344 g/mol. The molecule has 0 saturated carbocycles. The van der Waals surface area contributed by atoms with Crippen molar-refractivity contribution in [2.24, 2.45) is 0 Å². The molecule has 5 nitrogen and oxygen atoms in total. The van der Waals surface area contributed by atoms with E-state index in [0.717, 1.165) is 17.5 Å². The molecule has 0 radical (unpaired) electrons. The summed E-state index contributed by atoms with van der Waals surface area (Å²) in [6.45, 7) is 3.41. The van der Waals surface area contributed by atoms with Crippen molar-refractivity contribution < 1.29 is 23.8 Å². The van der Waals surface area contributed by atoms with Crippen LogP contribution in [-0.4, -0.2) is 19.0 Å². The van der Waals surface area contributed by atoms with Crippen LogP contribution < -0.4 is 9.47 Å². The van der Waals surface area contributed by atoms with Gasteiger partial charge >= 0.3 is 11.9 Å². The Morgan fingerprint density at radius 3 is 2.48 bits per heavy atom. The summed E-state index contributed by atoms with van der Waals surface area (Å²) in [5.74, 6) is 0.420. The molecule has 0 amide bonds. The number of rotatable bonds is 5. The quantitative estimate of drug-likeness (QED) is 0.453. The lowest BCUT2D eigenvalue weighted by atomic mass is 10.1. The number of ether oxygens (including phenoxy) is 3. The van der Waals surface area contributed by atoms with Gasteiger partial charge in [-0.15, -0.1) is 0 Å². The zero-order valence-corrected chi connectivity index (χ0v) is 15.4. The van der Waals surface area contributed by atoms with E-state index in [2.05, 4.69) is 6.92 Å². The van der Waals surface area contributed by atoms with E-state index < -0.39 is 11.9 Å². The van der Waals surface area contributed by atoms with Crippen LogP contribution in [0.2, 0.25) is 0 Å². The maximum Gasteiger partial charge on any atom is 0.343 e. The molecule has 3 rings (SSSR count). The third-order valence-electron chi connectivity index (χ3n) is 4.14. The zero-order chi connectivity index (χ0) is 19.4. The number of benzene rings is 2. The van der Waals surface area contributed by atoms with Crippen molar-refractivity contribution in [1.29, 1.82) is 0 Å². The highest BCUT2D eigenvalue weighted by Crippen LogP contribution is 2.31. The van der Waals surface area contributed by atoms with E-state index in [1.807, 2.05) is 24.3 Å². The standard InChI is InChI=1S/C22H20O5/c1-4-15-5-8-17(9-6-15)20-13-18(22(24)27-20)11-16-7-10-19(26-14(2)23)21(12-16)25-3/h5-13H,4H2,1-3H3/b18-11-. The lowest BCUT2D eigenvalue weighted by molar-refractivity contribution is -0.132. The predicted octanol–water partition coefficient (Wildman–Crippen LogP) is 4.16. The van der Waals surface area contributed by atoms with Gasteiger partial charge in [-0.25, -0.2) is 4.79 Å². The lowest BCUT2D eigenvalue weighted by Gasteiger charge is -2.08. The summed E-state index contributed by atoms with van der Waals surface area (Å²) >= 11 is 0. The largest absolute Gasteiger partial charge is 0.493 e. The minimum absolute atomic E-state index is 0.327. The summed E-state index contributed by atoms with van der Waals surface area (Å²) in [5.41, 5.74) is 3.24. The molecule has 0 aliphatic carbocycles. The van der Waals surface area contributed by atoms with Crippen molar-refractivity contribution in [3.05, 3.63) is 70.8 Å². The van der Waals surface area contributed by atoms with Gasteiger partial charge in [-0.2, -0.15) is 0 Å². The van der Waals surface area contributed by atoms with Crippen LogP contribution in [-0.2, 0) is 20.7 Å². The average Bonchev–Trinajstić information content (AvgIpc) is 3.03. The van der Waals surface area contributed by atoms with E-state index in [0.29, 0.717) is 22.8 Å². The second-order valence-electron chi connectivity index (χ2n) is 6.05. The number of carbonyl (C=O) groups excluding carboxylic acids is 2. The number of aryl methyl sites for hydroxylation is 1. The van der Waals surface area contributed by atoms with Gasteiger partial charge in [0.25, 0.3) is 0 Å². The van der Waals surface area contributed by atoms with Gasteiger partial charge in [0, 0.05) is 12.5 Å². The molecule has 0 unspecified atom stereocenters. The van der Waals surface area contributed by atoms with Crippen molar-refractivity contribution >= 4 is 23.8 Å². The summed E-state index contributed by atoms with van der Waals surface area (Å²) in [7, 11) is 1.49. The molecule has 5 heteroatoms. The summed E-state index contributed by atoms with van der Waals surface area (Å²) in [4.78, 5) is 23.3.